The number of nitrogens with zero attached hydrogens (tertiary/aromatic N) is 1. The summed E-state index contributed by atoms with van der Waals surface area (Å²) in [6.07, 6.45) is 0.996. The van der Waals surface area contributed by atoms with E-state index in [0.29, 0.717) is 19.0 Å². The van der Waals surface area contributed by atoms with Gasteiger partial charge in [0.15, 0.2) is 11.5 Å². The molecule has 2 aromatic heterocycles. The number of hydrogen-bond donors (Lipinski definition) is 1. The van der Waals surface area contributed by atoms with Crippen molar-refractivity contribution < 1.29 is 14.6 Å². The topological polar surface area (TPSA) is 51.6 Å². The van der Waals surface area contributed by atoms with Gasteiger partial charge < -0.3 is 14.6 Å². The second kappa shape index (κ2) is 5.02. The quantitative estimate of drug-likeness (QED) is 0.790. The molecule has 1 aromatic carbocycles. The van der Waals surface area contributed by atoms with Crippen LogP contribution in [0.2, 0.25) is 0 Å². The van der Waals surface area contributed by atoms with Gasteiger partial charge in [-0.25, -0.2) is 0 Å². The average molecular weight is 299 g/mol. The molecular weight excluding hydrogens is 286 g/mol. The zero-order valence-corrected chi connectivity index (χ0v) is 12.0. The van der Waals surface area contributed by atoms with E-state index in [1.807, 2.05) is 35.7 Å². The van der Waals surface area contributed by atoms with Crippen molar-refractivity contribution in [2.45, 2.75) is 6.10 Å². The Labute approximate surface area is 125 Å². The predicted molar refractivity (Wildman–Crippen MR) is 81.1 cm³/mol. The number of pyridine rings is 1. The van der Waals surface area contributed by atoms with E-state index in [2.05, 4.69) is 4.98 Å². The van der Waals surface area contributed by atoms with Crippen LogP contribution in [0.4, 0.5) is 0 Å². The molecule has 0 radical (unpaired) electrons. The zero-order chi connectivity index (χ0) is 14.2. The van der Waals surface area contributed by atoms with E-state index < -0.39 is 6.10 Å². The molecule has 1 unspecified atom stereocenters. The van der Waals surface area contributed by atoms with Crippen molar-refractivity contribution in [2.75, 3.05) is 13.2 Å². The van der Waals surface area contributed by atoms with E-state index in [1.165, 1.54) is 0 Å². The highest BCUT2D eigenvalue weighted by molar-refractivity contribution is 7.17. The molecule has 0 spiro atoms. The Morgan fingerprint density at radius 2 is 1.90 bits per heavy atom. The molecule has 0 saturated carbocycles. The highest BCUT2D eigenvalue weighted by Gasteiger charge is 2.17. The Bertz CT molecular complexity index is 799. The van der Waals surface area contributed by atoms with E-state index in [-0.39, 0.29) is 0 Å². The van der Waals surface area contributed by atoms with Gasteiger partial charge in [0.1, 0.15) is 19.3 Å². The van der Waals surface area contributed by atoms with Crippen LogP contribution in [-0.4, -0.2) is 23.3 Å². The number of fused-ring (bicyclic) bond motifs is 2. The molecular formula is C16H13NO3S. The van der Waals surface area contributed by atoms with Gasteiger partial charge in [0.2, 0.25) is 0 Å². The Balaban J connectivity index is 1.71. The summed E-state index contributed by atoms with van der Waals surface area (Å²) in [6, 6.07) is 9.48. The third-order valence-electron chi connectivity index (χ3n) is 3.52. The number of ether oxygens (including phenoxy) is 2. The second-order valence-corrected chi connectivity index (χ2v) is 5.83. The van der Waals surface area contributed by atoms with Crippen molar-refractivity contribution in [1.82, 2.24) is 4.98 Å². The van der Waals surface area contributed by atoms with Crippen LogP contribution in [0.1, 0.15) is 17.2 Å². The molecule has 21 heavy (non-hydrogen) atoms. The van der Waals surface area contributed by atoms with Crippen molar-refractivity contribution in [3.05, 3.63) is 53.0 Å². The van der Waals surface area contributed by atoms with Crippen molar-refractivity contribution in [1.29, 1.82) is 0 Å². The first kappa shape index (κ1) is 12.6. The predicted octanol–water partition coefficient (Wildman–Crippen LogP) is 3.15. The van der Waals surface area contributed by atoms with Gasteiger partial charge in [-0.05, 0) is 35.2 Å². The summed E-state index contributed by atoms with van der Waals surface area (Å²) in [5.74, 6) is 1.41. The van der Waals surface area contributed by atoms with Gasteiger partial charge in [-0.1, -0.05) is 6.07 Å². The molecule has 3 aromatic rings. The first-order chi connectivity index (χ1) is 10.3. The molecule has 5 heteroatoms. The van der Waals surface area contributed by atoms with Crippen LogP contribution < -0.4 is 9.47 Å². The van der Waals surface area contributed by atoms with Crippen LogP contribution in [0.25, 0.3) is 10.2 Å². The van der Waals surface area contributed by atoms with Gasteiger partial charge in [-0.3, -0.25) is 4.98 Å². The van der Waals surface area contributed by atoms with Crippen molar-refractivity contribution in [3.8, 4) is 11.5 Å². The lowest BCUT2D eigenvalue weighted by Gasteiger charge is -2.20. The highest BCUT2D eigenvalue weighted by atomic mass is 32.1. The van der Waals surface area contributed by atoms with Crippen molar-refractivity contribution in [2.24, 2.45) is 0 Å². The maximum atomic E-state index is 10.6. The summed E-state index contributed by atoms with van der Waals surface area (Å²) < 4.78 is 12.1. The molecule has 3 heterocycles. The third-order valence-corrected chi connectivity index (χ3v) is 4.37. The van der Waals surface area contributed by atoms with Crippen LogP contribution in [0, 0.1) is 0 Å². The summed E-state index contributed by atoms with van der Waals surface area (Å²) in [5, 5.41) is 12.6. The molecule has 0 amide bonds. The minimum Gasteiger partial charge on any atom is -0.486 e. The van der Waals surface area contributed by atoms with E-state index >= 15 is 0 Å². The average Bonchev–Trinajstić information content (AvgIpc) is 3.01. The van der Waals surface area contributed by atoms with E-state index in [1.54, 1.807) is 17.5 Å². The first-order valence-electron chi connectivity index (χ1n) is 6.72. The number of aliphatic hydroxyl groups excluding tert-OH is 1. The van der Waals surface area contributed by atoms with Crippen LogP contribution in [0.15, 0.2) is 41.9 Å². The van der Waals surface area contributed by atoms with Crippen molar-refractivity contribution in [3.63, 3.8) is 0 Å². The lowest BCUT2D eigenvalue weighted by molar-refractivity contribution is 0.169. The molecule has 0 aliphatic carbocycles. The lowest BCUT2D eigenvalue weighted by Crippen LogP contribution is -2.15. The minimum atomic E-state index is -0.722. The fourth-order valence-corrected chi connectivity index (χ4v) is 3.22. The smallest absolute Gasteiger partial charge is 0.161 e. The zero-order valence-electron chi connectivity index (χ0n) is 11.2. The number of aromatic nitrogens is 1. The summed E-state index contributed by atoms with van der Waals surface area (Å²) >= 11 is 1.62. The first-order valence-corrected chi connectivity index (χ1v) is 7.60. The summed E-state index contributed by atoms with van der Waals surface area (Å²) in [4.78, 5) is 4.37. The molecule has 1 aliphatic rings. The monoisotopic (exact) mass is 299 g/mol. The molecule has 4 nitrogen and oxygen atoms in total. The van der Waals surface area contributed by atoms with Crippen LogP contribution in [0.3, 0.4) is 0 Å². The standard InChI is InChI=1S/C16H13NO3S/c18-16(11-8-15-12(17-9-11)3-6-21-15)10-1-2-13-14(7-10)20-5-4-19-13/h1-3,6-9,16,18H,4-5H2. The number of benzene rings is 1. The van der Waals surface area contributed by atoms with E-state index in [0.717, 1.165) is 27.1 Å². The fourth-order valence-electron chi connectivity index (χ4n) is 2.43. The molecule has 0 bridgehead atoms. The van der Waals surface area contributed by atoms with Gasteiger partial charge in [0, 0.05) is 11.8 Å². The highest BCUT2D eigenvalue weighted by Crippen LogP contribution is 2.34. The Morgan fingerprint density at radius 1 is 1.05 bits per heavy atom. The van der Waals surface area contributed by atoms with Crippen LogP contribution >= 0.6 is 11.3 Å². The van der Waals surface area contributed by atoms with Crippen molar-refractivity contribution >= 4 is 21.6 Å². The Kier molecular flexibility index (Phi) is 3.02. The Hall–Kier alpha value is -2.11. The molecule has 4 rings (SSSR count). The number of hydrogen-bond acceptors (Lipinski definition) is 5. The Morgan fingerprint density at radius 3 is 2.81 bits per heavy atom. The third kappa shape index (κ3) is 2.24. The van der Waals surface area contributed by atoms with E-state index in [9.17, 15) is 5.11 Å². The summed E-state index contributed by atoms with van der Waals surface area (Å²) in [6.45, 7) is 1.10. The largest absolute Gasteiger partial charge is 0.486 e. The van der Waals surface area contributed by atoms with Gasteiger partial charge in [-0.2, -0.15) is 0 Å². The minimum absolute atomic E-state index is 0.537. The van der Waals surface area contributed by atoms with Crippen LogP contribution in [0.5, 0.6) is 11.5 Å². The SMILES string of the molecule is OC(c1ccc2c(c1)OCCO2)c1cnc2ccsc2c1. The van der Waals surface area contributed by atoms with Gasteiger partial charge in [0.25, 0.3) is 0 Å². The molecule has 1 N–H and O–H groups in total. The van der Waals surface area contributed by atoms with Gasteiger partial charge >= 0.3 is 0 Å². The number of rotatable bonds is 2. The summed E-state index contributed by atoms with van der Waals surface area (Å²) in [5.41, 5.74) is 2.51. The second-order valence-electron chi connectivity index (χ2n) is 4.88. The van der Waals surface area contributed by atoms with Gasteiger partial charge in [-0.15, -0.1) is 11.3 Å². The number of thiophene rings is 1. The number of aliphatic hydroxyl groups is 1. The molecule has 1 aliphatic heterocycles. The van der Waals surface area contributed by atoms with Gasteiger partial charge in [0.05, 0.1) is 10.2 Å². The van der Waals surface area contributed by atoms with E-state index in [4.69, 9.17) is 9.47 Å². The summed E-state index contributed by atoms with van der Waals surface area (Å²) in [7, 11) is 0. The van der Waals surface area contributed by atoms with Crippen LogP contribution in [-0.2, 0) is 0 Å². The fraction of sp³-hybridized carbons (Fsp3) is 0.188. The molecule has 0 saturated heterocycles. The maximum absolute atomic E-state index is 10.6. The molecule has 106 valence electrons. The molecule has 1 atom stereocenters. The lowest BCUT2D eigenvalue weighted by atomic mass is 10.0. The maximum Gasteiger partial charge on any atom is 0.161 e. The normalized spacial score (nSPS) is 15.1. The molecule has 0 fully saturated rings.